The van der Waals surface area contributed by atoms with Crippen LogP contribution in [0.25, 0.3) is 11.0 Å². The molecule has 0 aliphatic rings. The molecule has 2 rings (SSSR count). The van der Waals surface area contributed by atoms with Crippen molar-refractivity contribution in [1.29, 1.82) is 0 Å². The van der Waals surface area contributed by atoms with Crippen LogP contribution >= 0.6 is 11.6 Å². The van der Waals surface area contributed by atoms with Gasteiger partial charge in [0.1, 0.15) is 0 Å². The van der Waals surface area contributed by atoms with Crippen LogP contribution in [-0.2, 0) is 0 Å². The zero-order valence-corrected chi connectivity index (χ0v) is 8.73. The van der Waals surface area contributed by atoms with Gasteiger partial charge in [0.05, 0.1) is 28.1 Å². The predicted molar refractivity (Wildman–Crippen MR) is 59.9 cm³/mol. The molecule has 0 fully saturated rings. The molecule has 14 heavy (non-hydrogen) atoms. The lowest BCUT2D eigenvalue weighted by Crippen LogP contribution is -1.99. The second kappa shape index (κ2) is 3.88. The Hall–Kier alpha value is -1.22. The Bertz CT molecular complexity index is 436. The molecule has 1 aromatic heterocycles. The number of anilines is 1. The average molecular weight is 210 g/mol. The van der Waals surface area contributed by atoms with Gasteiger partial charge in [-0.1, -0.05) is 18.5 Å². The number of hydrogen-bond donors (Lipinski definition) is 2. The summed E-state index contributed by atoms with van der Waals surface area (Å²) in [5, 5.41) is 3.99. The van der Waals surface area contributed by atoms with Crippen molar-refractivity contribution in [2.75, 3.05) is 11.9 Å². The third-order valence-electron chi connectivity index (χ3n) is 2.07. The summed E-state index contributed by atoms with van der Waals surface area (Å²) in [6.45, 7) is 3.05. The van der Waals surface area contributed by atoms with Crippen LogP contribution in [0, 0.1) is 0 Å². The predicted octanol–water partition coefficient (Wildman–Crippen LogP) is 3.04. The maximum absolute atomic E-state index is 6.09. The highest BCUT2D eigenvalue weighted by atomic mass is 35.5. The van der Waals surface area contributed by atoms with Crippen LogP contribution in [-0.4, -0.2) is 16.5 Å². The summed E-state index contributed by atoms with van der Waals surface area (Å²) < 4.78 is 0. The molecule has 2 N–H and O–H groups in total. The highest BCUT2D eigenvalue weighted by Gasteiger charge is 2.03. The first-order valence-electron chi connectivity index (χ1n) is 4.67. The molecule has 1 heterocycles. The first-order valence-corrected chi connectivity index (χ1v) is 5.05. The van der Waals surface area contributed by atoms with Gasteiger partial charge in [-0.05, 0) is 18.6 Å². The summed E-state index contributed by atoms with van der Waals surface area (Å²) in [6, 6.07) is 3.85. The number of rotatable bonds is 3. The van der Waals surface area contributed by atoms with Gasteiger partial charge in [-0.15, -0.1) is 0 Å². The van der Waals surface area contributed by atoms with Crippen LogP contribution in [0.15, 0.2) is 18.5 Å². The largest absolute Gasteiger partial charge is 0.384 e. The molecule has 1 aromatic carbocycles. The summed E-state index contributed by atoms with van der Waals surface area (Å²) >= 11 is 6.09. The third-order valence-corrected chi connectivity index (χ3v) is 2.39. The number of hydrogen-bond acceptors (Lipinski definition) is 2. The molecular weight excluding hydrogens is 198 g/mol. The minimum absolute atomic E-state index is 0.732. The number of aromatic nitrogens is 2. The molecule has 2 aromatic rings. The number of nitrogens with zero attached hydrogens (tertiary/aromatic N) is 1. The monoisotopic (exact) mass is 209 g/mol. The minimum atomic E-state index is 0.732. The number of benzene rings is 1. The van der Waals surface area contributed by atoms with E-state index in [1.54, 1.807) is 6.33 Å². The summed E-state index contributed by atoms with van der Waals surface area (Å²) in [5.41, 5.74) is 2.86. The Balaban J connectivity index is 2.38. The van der Waals surface area contributed by atoms with Gasteiger partial charge in [0.2, 0.25) is 0 Å². The van der Waals surface area contributed by atoms with Crippen molar-refractivity contribution in [2.45, 2.75) is 13.3 Å². The molecule has 0 atom stereocenters. The average Bonchev–Trinajstić information content (AvgIpc) is 2.61. The van der Waals surface area contributed by atoms with E-state index in [4.69, 9.17) is 11.6 Å². The van der Waals surface area contributed by atoms with Gasteiger partial charge >= 0.3 is 0 Å². The molecule has 0 saturated heterocycles. The van der Waals surface area contributed by atoms with E-state index >= 15 is 0 Å². The van der Waals surface area contributed by atoms with Crippen LogP contribution in [0.4, 0.5) is 5.69 Å². The van der Waals surface area contributed by atoms with Crippen molar-refractivity contribution in [3.05, 3.63) is 23.5 Å². The van der Waals surface area contributed by atoms with E-state index in [-0.39, 0.29) is 0 Å². The lowest BCUT2D eigenvalue weighted by atomic mass is 10.2. The Morgan fingerprint density at radius 2 is 2.36 bits per heavy atom. The number of nitrogens with one attached hydrogen (secondary N) is 2. The van der Waals surface area contributed by atoms with Crippen molar-refractivity contribution < 1.29 is 0 Å². The zero-order chi connectivity index (χ0) is 9.97. The van der Waals surface area contributed by atoms with Crippen LogP contribution in [0.5, 0.6) is 0 Å². The number of H-pyrrole nitrogens is 1. The van der Waals surface area contributed by atoms with Crippen LogP contribution in [0.3, 0.4) is 0 Å². The van der Waals surface area contributed by atoms with E-state index in [2.05, 4.69) is 22.2 Å². The highest BCUT2D eigenvalue weighted by molar-refractivity contribution is 6.34. The molecule has 3 nitrogen and oxygen atoms in total. The van der Waals surface area contributed by atoms with Gasteiger partial charge in [0.25, 0.3) is 0 Å². The molecule has 74 valence electrons. The van der Waals surface area contributed by atoms with E-state index in [0.29, 0.717) is 0 Å². The maximum atomic E-state index is 6.09. The SMILES string of the molecule is CCCNc1cc2nc[nH]c2cc1Cl. The third kappa shape index (κ3) is 1.68. The lowest BCUT2D eigenvalue weighted by Gasteiger charge is -2.06. The van der Waals surface area contributed by atoms with Crippen molar-refractivity contribution in [1.82, 2.24) is 9.97 Å². The van der Waals surface area contributed by atoms with E-state index in [9.17, 15) is 0 Å². The minimum Gasteiger partial charge on any atom is -0.384 e. The van der Waals surface area contributed by atoms with Gasteiger partial charge in [0, 0.05) is 6.54 Å². The van der Waals surface area contributed by atoms with E-state index in [1.807, 2.05) is 12.1 Å². The maximum Gasteiger partial charge on any atom is 0.0931 e. The standard InChI is InChI=1S/C10H12ClN3/c1-2-3-12-8-5-10-9(4-7(8)11)13-6-14-10/h4-6,12H,2-3H2,1H3,(H,13,14). The van der Waals surface area contributed by atoms with E-state index in [0.717, 1.165) is 34.7 Å². The van der Waals surface area contributed by atoms with Gasteiger partial charge in [-0.25, -0.2) is 4.98 Å². The lowest BCUT2D eigenvalue weighted by molar-refractivity contribution is 0.980. The number of imidazole rings is 1. The van der Waals surface area contributed by atoms with Gasteiger partial charge in [-0.2, -0.15) is 0 Å². The zero-order valence-electron chi connectivity index (χ0n) is 7.97. The fourth-order valence-electron chi connectivity index (χ4n) is 1.35. The summed E-state index contributed by atoms with van der Waals surface area (Å²) in [4.78, 5) is 7.19. The topological polar surface area (TPSA) is 40.7 Å². The second-order valence-electron chi connectivity index (χ2n) is 3.18. The van der Waals surface area contributed by atoms with Gasteiger partial charge < -0.3 is 10.3 Å². The number of fused-ring (bicyclic) bond motifs is 1. The molecule has 0 aliphatic carbocycles. The Kier molecular flexibility index (Phi) is 2.59. The molecule has 0 amide bonds. The fraction of sp³-hybridized carbons (Fsp3) is 0.300. The summed E-state index contributed by atoms with van der Waals surface area (Å²) in [7, 11) is 0. The van der Waals surface area contributed by atoms with Crippen molar-refractivity contribution in [3.63, 3.8) is 0 Å². The molecule has 0 unspecified atom stereocenters. The van der Waals surface area contributed by atoms with Gasteiger partial charge in [0.15, 0.2) is 0 Å². The Labute approximate surface area is 87.5 Å². The van der Waals surface area contributed by atoms with E-state index < -0.39 is 0 Å². The van der Waals surface area contributed by atoms with E-state index in [1.165, 1.54) is 0 Å². The molecule has 0 bridgehead atoms. The summed E-state index contributed by atoms with van der Waals surface area (Å²) in [5.74, 6) is 0. The van der Waals surface area contributed by atoms with Crippen molar-refractivity contribution in [2.24, 2.45) is 0 Å². The highest BCUT2D eigenvalue weighted by Crippen LogP contribution is 2.26. The van der Waals surface area contributed by atoms with Crippen molar-refractivity contribution in [3.8, 4) is 0 Å². The second-order valence-corrected chi connectivity index (χ2v) is 3.59. The molecule has 0 spiro atoms. The van der Waals surface area contributed by atoms with Crippen LogP contribution in [0.2, 0.25) is 5.02 Å². The quantitative estimate of drug-likeness (QED) is 0.816. The smallest absolute Gasteiger partial charge is 0.0931 e. The first-order chi connectivity index (χ1) is 6.81. The number of aromatic amines is 1. The van der Waals surface area contributed by atoms with Crippen LogP contribution in [0.1, 0.15) is 13.3 Å². The molecule has 0 saturated carbocycles. The number of halogens is 1. The first kappa shape index (κ1) is 9.34. The van der Waals surface area contributed by atoms with Crippen LogP contribution < -0.4 is 5.32 Å². The summed E-state index contributed by atoms with van der Waals surface area (Å²) in [6.07, 6.45) is 2.75. The van der Waals surface area contributed by atoms with Gasteiger partial charge in [-0.3, -0.25) is 0 Å². The fourth-order valence-corrected chi connectivity index (χ4v) is 1.58. The molecule has 0 aliphatic heterocycles. The Morgan fingerprint density at radius 1 is 1.50 bits per heavy atom. The molecule has 0 radical (unpaired) electrons. The molecular formula is C10H12ClN3. The van der Waals surface area contributed by atoms with Crippen molar-refractivity contribution >= 4 is 28.3 Å². The Morgan fingerprint density at radius 3 is 3.14 bits per heavy atom. The molecule has 4 heteroatoms. The normalized spacial score (nSPS) is 10.7.